The predicted molar refractivity (Wildman–Crippen MR) is 105 cm³/mol. The third-order valence-electron chi connectivity index (χ3n) is 4.58. The van der Waals surface area contributed by atoms with Gasteiger partial charge in [-0.15, -0.1) is 0 Å². The summed E-state index contributed by atoms with van der Waals surface area (Å²) in [6.07, 6.45) is 0.726. The maximum atomic E-state index is 12.3. The number of aromatic nitrogens is 1. The number of hydrogen-bond donors (Lipinski definition) is 2. The molecule has 4 nitrogen and oxygen atoms in total. The van der Waals surface area contributed by atoms with E-state index in [-0.39, 0.29) is 11.5 Å². The molecule has 0 saturated carbocycles. The fourth-order valence-electron chi connectivity index (χ4n) is 3.26. The first-order valence-corrected chi connectivity index (χ1v) is 8.88. The molecular formula is C22H24N2O2. The molecular weight excluding hydrogens is 324 g/mol. The van der Waals surface area contributed by atoms with Gasteiger partial charge in [0.15, 0.2) is 0 Å². The first kappa shape index (κ1) is 17.9. The Morgan fingerprint density at radius 2 is 1.85 bits per heavy atom. The van der Waals surface area contributed by atoms with E-state index in [1.165, 1.54) is 5.56 Å². The third-order valence-corrected chi connectivity index (χ3v) is 4.58. The van der Waals surface area contributed by atoms with Crippen LogP contribution in [0.2, 0.25) is 0 Å². The maximum Gasteiger partial charge on any atom is 0.251 e. The molecule has 0 saturated heterocycles. The monoisotopic (exact) mass is 348 g/mol. The molecule has 2 N–H and O–H groups in total. The summed E-state index contributed by atoms with van der Waals surface area (Å²) < 4.78 is 0. The zero-order valence-electron chi connectivity index (χ0n) is 15.5. The Labute approximate surface area is 153 Å². The smallest absolute Gasteiger partial charge is 0.251 e. The van der Waals surface area contributed by atoms with E-state index in [9.17, 15) is 9.59 Å². The second-order valence-corrected chi connectivity index (χ2v) is 6.93. The van der Waals surface area contributed by atoms with Crippen molar-refractivity contribution in [3.8, 4) is 0 Å². The molecule has 4 heteroatoms. The second kappa shape index (κ2) is 7.56. The number of benzene rings is 2. The van der Waals surface area contributed by atoms with E-state index < -0.39 is 0 Å². The molecule has 0 radical (unpaired) electrons. The molecule has 0 unspecified atom stereocenters. The Bertz CT molecular complexity index is 1020. The van der Waals surface area contributed by atoms with Crippen LogP contribution in [-0.4, -0.2) is 10.9 Å². The molecule has 3 aromatic rings. The average Bonchev–Trinajstić information content (AvgIpc) is 2.58. The van der Waals surface area contributed by atoms with Gasteiger partial charge in [0, 0.05) is 29.4 Å². The molecule has 0 aliphatic heterocycles. The van der Waals surface area contributed by atoms with Crippen molar-refractivity contribution >= 4 is 16.8 Å². The summed E-state index contributed by atoms with van der Waals surface area (Å²) in [5.41, 5.74) is 5.87. The SMILES string of the molecule is Cc1cccc(CNC(=O)CCc2cc3c(C)cc(C)cc3[nH]c2=O)c1. The summed E-state index contributed by atoms with van der Waals surface area (Å²) in [7, 11) is 0. The lowest BCUT2D eigenvalue weighted by molar-refractivity contribution is -0.121. The molecule has 0 fully saturated rings. The van der Waals surface area contributed by atoms with Gasteiger partial charge in [-0.25, -0.2) is 0 Å². The van der Waals surface area contributed by atoms with Crippen molar-refractivity contribution in [2.75, 3.05) is 0 Å². The second-order valence-electron chi connectivity index (χ2n) is 6.93. The minimum atomic E-state index is -0.117. The molecule has 1 amide bonds. The van der Waals surface area contributed by atoms with Gasteiger partial charge in [-0.1, -0.05) is 35.9 Å². The highest BCUT2D eigenvalue weighted by Gasteiger charge is 2.08. The van der Waals surface area contributed by atoms with Gasteiger partial charge in [-0.2, -0.15) is 0 Å². The standard InChI is InChI=1S/C22H24N2O2/c1-14-5-4-6-17(10-14)13-23-21(25)8-7-18-12-19-16(3)9-15(2)11-20(19)24-22(18)26/h4-6,9-12H,7-8,13H2,1-3H3,(H,23,25)(H,24,26). The first-order valence-electron chi connectivity index (χ1n) is 8.88. The summed E-state index contributed by atoms with van der Waals surface area (Å²) >= 11 is 0. The predicted octanol–water partition coefficient (Wildman–Crippen LogP) is 3.70. The van der Waals surface area contributed by atoms with Crippen LogP contribution in [0.15, 0.2) is 47.3 Å². The van der Waals surface area contributed by atoms with Gasteiger partial charge in [0.1, 0.15) is 0 Å². The van der Waals surface area contributed by atoms with Crippen molar-refractivity contribution in [2.45, 2.75) is 40.2 Å². The lowest BCUT2D eigenvalue weighted by atomic mass is 10.0. The quantitative estimate of drug-likeness (QED) is 0.738. The average molecular weight is 348 g/mol. The zero-order valence-corrected chi connectivity index (χ0v) is 15.5. The lowest BCUT2D eigenvalue weighted by Gasteiger charge is -2.08. The number of fused-ring (bicyclic) bond motifs is 1. The highest BCUT2D eigenvalue weighted by atomic mass is 16.1. The van der Waals surface area contributed by atoms with Crippen LogP contribution in [-0.2, 0) is 17.8 Å². The van der Waals surface area contributed by atoms with Gasteiger partial charge in [-0.3, -0.25) is 9.59 Å². The van der Waals surface area contributed by atoms with Gasteiger partial charge in [-0.05, 0) is 56.0 Å². The van der Waals surface area contributed by atoms with E-state index in [0.29, 0.717) is 24.9 Å². The Morgan fingerprint density at radius 3 is 2.62 bits per heavy atom. The summed E-state index contributed by atoms with van der Waals surface area (Å²) in [5.74, 6) is -0.0494. The van der Waals surface area contributed by atoms with Crippen molar-refractivity contribution in [1.82, 2.24) is 10.3 Å². The van der Waals surface area contributed by atoms with Crippen LogP contribution >= 0.6 is 0 Å². The van der Waals surface area contributed by atoms with Crippen molar-refractivity contribution in [3.63, 3.8) is 0 Å². The topological polar surface area (TPSA) is 62.0 Å². The molecule has 0 spiro atoms. The number of carbonyl (C=O) groups excluding carboxylic acids is 1. The number of hydrogen-bond acceptors (Lipinski definition) is 2. The molecule has 134 valence electrons. The van der Waals surface area contributed by atoms with E-state index in [2.05, 4.69) is 22.4 Å². The summed E-state index contributed by atoms with van der Waals surface area (Å²) in [5, 5.41) is 3.95. The molecule has 26 heavy (non-hydrogen) atoms. The van der Waals surface area contributed by atoms with Gasteiger partial charge in [0.05, 0.1) is 0 Å². The van der Waals surface area contributed by atoms with Crippen molar-refractivity contribution in [2.24, 2.45) is 0 Å². The normalized spacial score (nSPS) is 10.9. The van der Waals surface area contributed by atoms with E-state index in [1.807, 2.05) is 51.1 Å². The van der Waals surface area contributed by atoms with Crippen molar-refractivity contribution < 1.29 is 4.79 Å². The molecule has 0 atom stereocenters. The van der Waals surface area contributed by atoms with Gasteiger partial charge in [0.25, 0.3) is 5.56 Å². The molecule has 1 aromatic heterocycles. The Balaban J connectivity index is 1.66. The van der Waals surface area contributed by atoms with E-state index >= 15 is 0 Å². The van der Waals surface area contributed by atoms with Crippen LogP contribution in [0.3, 0.4) is 0 Å². The molecule has 1 heterocycles. The Kier molecular flexibility index (Phi) is 5.21. The number of aryl methyl sites for hydroxylation is 4. The minimum Gasteiger partial charge on any atom is -0.352 e. The number of rotatable bonds is 5. The summed E-state index contributed by atoms with van der Waals surface area (Å²) in [4.78, 5) is 27.4. The van der Waals surface area contributed by atoms with Gasteiger partial charge in [0.2, 0.25) is 5.91 Å². The lowest BCUT2D eigenvalue weighted by Crippen LogP contribution is -2.24. The maximum absolute atomic E-state index is 12.3. The minimum absolute atomic E-state index is 0.0494. The van der Waals surface area contributed by atoms with E-state index in [1.54, 1.807) is 0 Å². The highest BCUT2D eigenvalue weighted by molar-refractivity contribution is 5.83. The fourth-order valence-corrected chi connectivity index (χ4v) is 3.26. The van der Waals surface area contributed by atoms with Gasteiger partial charge < -0.3 is 10.3 Å². The fraction of sp³-hybridized carbons (Fsp3) is 0.273. The van der Waals surface area contributed by atoms with Crippen LogP contribution in [0.4, 0.5) is 0 Å². The molecule has 0 bridgehead atoms. The number of nitrogens with one attached hydrogen (secondary N) is 2. The molecule has 0 aliphatic rings. The molecule has 3 rings (SSSR count). The number of carbonyl (C=O) groups is 1. The Morgan fingerprint density at radius 1 is 1.04 bits per heavy atom. The third kappa shape index (κ3) is 4.20. The van der Waals surface area contributed by atoms with Crippen LogP contribution < -0.4 is 10.9 Å². The highest BCUT2D eigenvalue weighted by Crippen LogP contribution is 2.18. The van der Waals surface area contributed by atoms with Crippen molar-refractivity contribution in [1.29, 1.82) is 0 Å². The number of amides is 1. The van der Waals surface area contributed by atoms with E-state index in [4.69, 9.17) is 0 Å². The van der Waals surface area contributed by atoms with Crippen LogP contribution in [0.1, 0.15) is 34.2 Å². The number of aromatic amines is 1. The number of pyridine rings is 1. The van der Waals surface area contributed by atoms with Gasteiger partial charge >= 0.3 is 0 Å². The first-order chi connectivity index (χ1) is 12.4. The van der Waals surface area contributed by atoms with Crippen LogP contribution in [0.25, 0.3) is 10.9 Å². The Hall–Kier alpha value is -2.88. The number of H-pyrrole nitrogens is 1. The van der Waals surface area contributed by atoms with Crippen LogP contribution in [0.5, 0.6) is 0 Å². The van der Waals surface area contributed by atoms with Crippen molar-refractivity contribution in [3.05, 3.63) is 80.6 Å². The summed E-state index contributed by atoms with van der Waals surface area (Å²) in [6, 6.07) is 14.0. The largest absolute Gasteiger partial charge is 0.352 e. The van der Waals surface area contributed by atoms with E-state index in [0.717, 1.165) is 27.6 Å². The zero-order chi connectivity index (χ0) is 18.7. The van der Waals surface area contributed by atoms with Crippen LogP contribution in [0, 0.1) is 20.8 Å². The molecule has 2 aromatic carbocycles. The summed E-state index contributed by atoms with van der Waals surface area (Å²) in [6.45, 7) is 6.58. The molecule has 0 aliphatic carbocycles.